The fourth-order valence-corrected chi connectivity index (χ4v) is 3.76. The maximum Gasteiger partial charge on any atom is 0.250 e. The molecule has 2 aromatic carbocycles. The predicted octanol–water partition coefficient (Wildman–Crippen LogP) is 4.68. The molecule has 2 aromatic heterocycles. The van der Waals surface area contributed by atoms with Gasteiger partial charge in [-0.25, -0.2) is 0 Å². The van der Waals surface area contributed by atoms with Crippen molar-refractivity contribution in [2.75, 3.05) is 23.3 Å². The molecule has 5 heteroatoms. The lowest BCUT2D eigenvalue weighted by molar-refractivity contribution is -0.464. The summed E-state index contributed by atoms with van der Waals surface area (Å²) in [6.07, 6.45) is 0. The topological polar surface area (TPSA) is 59.0 Å². The van der Waals surface area contributed by atoms with E-state index < -0.39 is 0 Å². The molecule has 0 radical (unpaired) electrons. The molecule has 0 spiro atoms. The second-order valence-electron chi connectivity index (χ2n) is 6.87. The van der Waals surface area contributed by atoms with Gasteiger partial charge in [0.15, 0.2) is 0 Å². The number of fused-ring (bicyclic) bond motifs is 3. The molecule has 140 valence electrons. The van der Waals surface area contributed by atoms with E-state index in [-0.39, 0.29) is 0 Å². The minimum atomic E-state index is 0.665. The quantitative estimate of drug-likeness (QED) is 0.502. The second-order valence-corrected chi connectivity index (χ2v) is 6.87. The van der Waals surface area contributed by atoms with Crippen LogP contribution in [-0.2, 0) is 0 Å². The molecule has 0 aliphatic rings. The zero-order valence-corrected chi connectivity index (χ0v) is 16.5. The normalized spacial score (nSPS) is 10.9. The zero-order chi connectivity index (χ0) is 19.7. The number of H-pyrrole nitrogens is 1. The molecule has 0 atom stereocenters. The Kier molecular flexibility index (Phi) is 4.62. The predicted molar refractivity (Wildman–Crippen MR) is 114 cm³/mol. The van der Waals surface area contributed by atoms with Crippen molar-refractivity contribution < 1.29 is 4.40 Å². The molecule has 28 heavy (non-hydrogen) atoms. The van der Waals surface area contributed by atoms with Crippen LogP contribution in [-0.4, -0.2) is 18.1 Å². The summed E-state index contributed by atoms with van der Waals surface area (Å²) in [7, 11) is 0. The molecule has 0 unspecified atom stereocenters. The monoisotopic (exact) mass is 370 g/mol. The van der Waals surface area contributed by atoms with E-state index >= 15 is 0 Å². The standard InChI is InChI=1S/C23H23N5/c1-4-27(5-2)18-12-10-17(11-13-18)25-22-14-16(3)19(15-24)23-26-20-8-6-7-9-21(20)28(22)23/h6-14H,4-5H2,1-3H3,(H,25,26)/p+1. The molecule has 2 N–H and O–H groups in total. The van der Waals surface area contributed by atoms with Gasteiger partial charge < -0.3 is 4.90 Å². The number of nitrogens with zero attached hydrogens (tertiary/aromatic N) is 3. The van der Waals surface area contributed by atoms with Crippen LogP contribution in [0.1, 0.15) is 25.0 Å². The van der Waals surface area contributed by atoms with Crippen LogP contribution in [0.4, 0.5) is 17.2 Å². The van der Waals surface area contributed by atoms with Crippen molar-refractivity contribution in [3.63, 3.8) is 0 Å². The maximum absolute atomic E-state index is 9.64. The smallest absolute Gasteiger partial charge is 0.250 e. The molecule has 4 rings (SSSR count). The van der Waals surface area contributed by atoms with Gasteiger partial charge in [0.2, 0.25) is 11.5 Å². The lowest BCUT2D eigenvalue weighted by atomic mass is 10.1. The molecule has 0 fully saturated rings. The van der Waals surface area contributed by atoms with Crippen LogP contribution in [0.5, 0.6) is 0 Å². The summed E-state index contributed by atoms with van der Waals surface area (Å²) < 4.78 is 2.08. The number of para-hydroxylation sites is 2. The molecule has 0 aliphatic heterocycles. The van der Waals surface area contributed by atoms with E-state index in [9.17, 15) is 5.26 Å². The first kappa shape index (κ1) is 17.9. The highest BCUT2D eigenvalue weighted by atomic mass is 15.1. The Labute approximate surface area is 164 Å². The average molecular weight is 370 g/mol. The number of nitrogens with one attached hydrogen (secondary N) is 2. The number of anilines is 3. The summed E-state index contributed by atoms with van der Waals surface area (Å²) >= 11 is 0. The number of aryl methyl sites for hydroxylation is 1. The number of benzene rings is 2. The third-order valence-corrected chi connectivity index (χ3v) is 5.23. The van der Waals surface area contributed by atoms with Crippen LogP contribution in [0, 0.1) is 18.3 Å². The van der Waals surface area contributed by atoms with E-state index in [1.54, 1.807) is 0 Å². The number of pyridine rings is 1. The van der Waals surface area contributed by atoms with Crippen LogP contribution in [0.15, 0.2) is 54.6 Å². The highest BCUT2D eigenvalue weighted by Gasteiger charge is 2.20. The summed E-state index contributed by atoms with van der Waals surface area (Å²) in [4.78, 5) is 5.72. The Bertz CT molecular complexity index is 1180. The van der Waals surface area contributed by atoms with Crippen molar-refractivity contribution in [2.24, 2.45) is 0 Å². The Morgan fingerprint density at radius 2 is 1.79 bits per heavy atom. The minimum Gasteiger partial charge on any atom is -0.372 e. The molecule has 0 saturated heterocycles. The Balaban J connectivity index is 1.82. The molecular weight excluding hydrogens is 346 g/mol. The van der Waals surface area contributed by atoms with Gasteiger partial charge in [0.1, 0.15) is 22.7 Å². The van der Waals surface area contributed by atoms with E-state index in [0.717, 1.165) is 46.8 Å². The lowest BCUT2D eigenvalue weighted by Gasteiger charge is -2.20. The number of hydrogen-bond acceptors (Lipinski definition) is 3. The third-order valence-electron chi connectivity index (χ3n) is 5.23. The third kappa shape index (κ3) is 2.93. The number of hydrogen-bond donors (Lipinski definition) is 2. The maximum atomic E-state index is 9.64. The van der Waals surface area contributed by atoms with Crippen LogP contribution in [0.2, 0.25) is 0 Å². The van der Waals surface area contributed by atoms with Gasteiger partial charge in [-0.05, 0) is 62.7 Å². The van der Waals surface area contributed by atoms with Gasteiger partial charge >= 0.3 is 0 Å². The molecule has 5 nitrogen and oxygen atoms in total. The van der Waals surface area contributed by atoms with Crippen molar-refractivity contribution in [3.8, 4) is 6.07 Å². The van der Waals surface area contributed by atoms with Gasteiger partial charge in [-0.1, -0.05) is 12.1 Å². The zero-order valence-electron chi connectivity index (χ0n) is 16.5. The largest absolute Gasteiger partial charge is 0.372 e. The number of nitriles is 1. The van der Waals surface area contributed by atoms with Gasteiger partial charge in [-0.3, -0.25) is 10.3 Å². The molecular formula is C23H24N5+. The Hall–Kier alpha value is -3.52. The van der Waals surface area contributed by atoms with Crippen molar-refractivity contribution in [1.29, 1.82) is 5.26 Å². The van der Waals surface area contributed by atoms with Gasteiger partial charge in [0, 0.05) is 24.8 Å². The fourth-order valence-electron chi connectivity index (χ4n) is 3.76. The molecule has 0 bridgehead atoms. The van der Waals surface area contributed by atoms with Crippen LogP contribution < -0.4 is 14.6 Å². The molecule has 0 amide bonds. The van der Waals surface area contributed by atoms with Crippen LogP contribution in [0.25, 0.3) is 16.7 Å². The SMILES string of the molecule is CCN(CC)c1ccc(Nc2cc(C)c(C#N)c3[nH]c4ccccc4[n+]23)cc1. The van der Waals surface area contributed by atoms with Gasteiger partial charge in [-0.2, -0.15) is 9.66 Å². The number of aromatic amines is 1. The first-order valence-corrected chi connectivity index (χ1v) is 9.64. The van der Waals surface area contributed by atoms with Crippen LogP contribution >= 0.6 is 0 Å². The Morgan fingerprint density at radius 1 is 1.07 bits per heavy atom. The first-order chi connectivity index (χ1) is 13.7. The second kappa shape index (κ2) is 7.24. The lowest BCUT2D eigenvalue weighted by Crippen LogP contribution is -2.26. The van der Waals surface area contributed by atoms with Gasteiger partial charge in [-0.15, -0.1) is 0 Å². The molecule has 0 saturated carbocycles. The number of imidazole rings is 1. The molecule has 0 aliphatic carbocycles. The highest BCUT2D eigenvalue weighted by molar-refractivity contribution is 5.77. The fraction of sp³-hybridized carbons (Fsp3) is 0.217. The summed E-state index contributed by atoms with van der Waals surface area (Å²) in [6, 6.07) is 20.9. The van der Waals surface area contributed by atoms with E-state index in [2.05, 4.69) is 69.8 Å². The summed E-state index contributed by atoms with van der Waals surface area (Å²) in [6.45, 7) is 8.28. The molecule has 2 heterocycles. The summed E-state index contributed by atoms with van der Waals surface area (Å²) in [5.41, 5.74) is 6.69. The van der Waals surface area contributed by atoms with Gasteiger partial charge in [0.05, 0.1) is 5.69 Å². The number of aromatic nitrogens is 2. The van der Waals surface area contributed by atoms with Crippen molar-refractivity contribution in [3.05, 3.63) is 65.7 Å². The van der Waals surface area contributed by atoms with E-state index in [4.69, 9.17) is 0 Å². The van der Waals surface area contributed by atoms with Crippen molar-refractivity contribution in [2.45, 2.75) is 20.8 Å². The van der Waals surface area contributed by atoms with E-state index in [1.165, 1.54) is 5.69 Å². The minimum absolute atomic E-state index is 0.665. The van der Waals surface area contributed by atoms with Gasteiger partial charge in [0.25, 0.3) is 0 Å². The Morgan fingerprint density at radius 3 is 2.46 bits per heavy atom. The van der Waals surface area contributed by atoms with Crippen molar-refractivity contribution >= 4 is 33.9 Å². The first-order valence-electron chi connectivity index (χ1n) is 9.64. The number of rotatable bonds is 5. The van der Waals surface area contributed by atoms with E-state index in [0.29, 0.717) is 5.56 Å². The van der Waals surface area contributed by atoms with Crippen LogP contribution in [0.3, 0.4) is 0 Å². The van der Waals surface area contributed by atoms with Crippen molar-refractivity contribution in [1.82, 2.24) is 4.98 Å². The summed E-state index contributed by atoms with van der Waals surface area (Å²) in [5.74, 6) is 0.930. The molecule has 4 aromatic rings. The summed E-state index contributed by atoms with van der Waals surface area (Å²) in [5, 5.41) is 13.2. The van der Waals surface area contributed by atoms with E-state index in [1.807, 2.05) is 31.2 Å². The average Bonchev–Trinajstić information content (AvgIpc) is 3.10. The highest BCUT2D eigenvalue weighted by Crippen LogP contribution is 2.24.